The number of thiazole rings is 2. The van der Waals surface area contributed by atoms with Crippen molar-refractivity contribution < 1.29 is 4.79 Å². The van der Waals surface area contributed by atoms with Gasteiger partial charge in [0.25, 0.3) is 0 Å². The lowest BCUT2D eigenvalue weighted by molar-refractivity contribution is 0.112. The number of aromatic nitrogens is 2. The first kappa shape index (κ1) is 15.9. The minimum atomic E-state index is -0.0898. The normalized spacial score (nSPS) is 10.5. The summed E-state index contributed by atoms with van der Waals surface area (Å²) in [7, 11) is 0. The highest BCUT2D eigenvalue weighted by Gasteiger charge is 1.99. The van der Waals surface area contributed by atoms with E-state index in [9.17, 15) is 14.4 Å². The van der Waals surface area contributed by atoms with Gasteiger partial charge in [-0.2, -0.15) is 0 Å². The zero-order valence-corrected chi connectivity index (χ0v) is 14.7. The van der Waals surface area contributed by atoms with Gasteiger partial charge in [0, 0.05) is 10.0 Å². The summed E-state index contributed by atoms with van der Waals surface area (Å²) in [5.74, 6) is 0. The van der Waals surface area contributed by atoms with E-state index >= 15 is 0 Å². The fraction of sp³-hybridized carbons (Fsp3) is 0. The lowest BCUT2D eigenvalue weighted by atomic mass is 10.2. The van der Waals surface area contributed by atoms with E-state index in [1.54, 1.807) is 18.2 Å². The number of carbonyl (C=O) groups is 1. The summed E-state index contributed by atoms with van der Waals surface area (Å²) < 4.78 is 2.81. The largest absolute Gasteiger partial charge is 0.312 e. The highest BCUT2D eigenvalue weighted by atomic mass is 79.9. The molecule has 0 aliphatic rings. The summed E-state index contributed by atoms with van der Waals surface area (Å²) in [6.45, 7) is 0. The van der Waals surface area contributed by atoms with Gasteiger partial charge in [0.1, 0.15) is 6.29 Å². The fourth-order valence-corrected chi connectivity index (χ4v) is 4.03. The number of H-pyrrole nitrogens is 2. The van der Waals surface area contributed by atoms with Gasteiger partial charge in [-0.1, -0.05) is 38.6 Å². The zero-order chi connectivity index (χ0) is 16.4. The Hall–Kier alpha value is -2.03. The third-order valence-electron chi connectivity index (χ3n) is 2.96. The third kappa shape index (κ3) is 3.66. The van der Waals surface area contributed by atoms with Gasteiger partial charge >= 0.3 is 9.75 Å². The molecule has 0 radical (unpaired) electrons. The average Bonchev–Trinajstić information content (AvgIpc) is 3.07. The maximum Gasteiger partial charge on any atom is 0.305 e. The van der Waals surface area contributed by atoms with Gasteiger partial charge in [0.05, 0.1) is 20.4 Å². The van der Waals surface area contributed by atoms with Crippen LogP contribution >= 0.6 is 38.6 Å². The molecule has 2 aromatic carbocycles. The molecule has 0 spiro atoms. The maximum atomic E-state index is 10.9. The van der Waals surface area contributed by atoms with Crippen LogP contribution in [-0.2, 0) is 0 Å². The van der Waals surface area contributed by atoms with Gasteiger partial charge in [0.2, 0.25) is 0 Å². The Morgan fingerprint density at radius 1 is 0.870 bits per heavy atom. The lowest BCUT2D eigenvalue weighted by Crippen LogP contribution is -1.89. The molecule has 2 aromatic heterocycles. The van der Waals surface area contributed by atoms with Crippen molar-refractivity contribution in [2.45, 2.75) is 0 Å². The molecule has 0 bridgehead atoms. The van der Waals surface area contributed by atoms with Crippen molar-refractivity contribution in [2.24, 2.45) is 0 Å². The molecular formula is C15H9BrN2O3S2. The highest BCUT2D eigenvalue weighted by Crippen LogP contribution is 2.19. The van der Waals surface area contributed by atoms with Crippen LogP contribution in [0.3, 0.4) is 0 Å². The smallest absolute Gasteiger partial charge is 0.305 e. The summed E-state index contributed by atoms with van der Waals surface area (Å²) in [6.07, 6.45) is 0.767. The quantitative estimate of drug-likeness (QED) is 0.470. The predicted molar refractivity (Wildman–Crippen MR) is 98.0 cm³/mol. The van der Waals surface area contributed by atoms with Gasteiger partial charge in [-0.3, -0.25) is 14.4 Å². The lowest BCUT2D eigenvalue weighted by Gasteiger charge is -1.88. The molecule has 2 N–H and O–H groups in total. The van der Waals surface area contributed by atoms with Gasteiger partial charge in [-0.05, 0) is 36.4 Å². The van der Waals surface area contributed by atoms with Crippen LogP contribution in [0, 0.1) is 0 Å². The molecule has 23 heavy (non-hydrogen) atoms. The van der Waals surface area contributed by atoms with E-state index in [1.807, 2.05) is 18.2 Å². The van der Waals surface area contributed by atoms with Crippen molar-refractivity contribution in [1.29, 1.82) is 0 Å². The van der Waals surface area contributed by atoms with E-state index in [4.69, 9.17) is 0 Å². The molecule has 0 saturated heterocycles. The molecule has 116 valence electrons. The molecule has 2 heterocycles. The number of rotatable bonds is 1. The van der Waals surface area contributed by atoms with Crippen LogP contribution < -0.4 is 9.75 Å². The first-order valence-corrected chi connectivity index (χ1v) is 8.84. The van der Waals surface area contributed by atoms with E-state index in [2.05, 4.69) is 25.9 Å². The third-order valence-corrected chi connectivity index (χ3v) is 5.15. The Morgan fingerprint density at radius 2 is 1.43 bits per heavy atom. The SMILES string of the molecule is O=Cc1ccc2[nH]c(=O)sc2c1.O=c1[nH]c2ccc(Br)cc2s1. The number of carbonyl (C=O) groups excluding carboxylic acids is 1. The molecule has 0 aliphatic heterocycles. The number of aldehydes is 1. The van der Waals surface area contributed by atoms with Crippen LogP contribution in [0.25, 0.3) is 20.4 Å². The number of aromatic amines is 2. The molecule has 0 fully saturated rings. The van der Waals surface area contributed by atoms with Crippen LogP contribution in [0.1, 0.15) is 10.4 Å². The minimum absolute atomic E-state index is 0.00176. The van der Waals surface area contributed by atoms with Gasteiger partial charge < -0.3 is 9.97 Å². The predicted octanol–water partition coefficient (Wildman–Crippen LogP) is 3.75. The Morgan fingerprint density at radius 3 is 2.04 bits per heavy atom. The molecule has 0 unspecified atom stereocenters. The van der Waals surface area contributed by atoms with Crippen molar-refractivity contribution in [3.63, 3.8) is 0 Å². The average molecular weight is 409 g/mol. The minimum Gasteiger partial charge on any atom is -0.312 e. The van der Waals surface area contributed by atoms with Crippen LogP contribution in [0.5, 0.6) is 0 Å². The molecular weight excluding hydrogens is 400 g/mol. The molecule has 0 amide bonds. The summed E-state index contributed by atoms with van der Waals surface area (Å²) in [4.78, 5) is 37.4. The number of nitrogens with one attached hydrogen (secondary N) is 2. The molecule has 8 heteroatoms. The van der Waals surface area contributed by atoms with E-state index in [1.165, 1.54) is 11.3 Å². The van der Waals surface area contributed by atoms with Crippen LogP contribution in [0.2, 0.25) is 0 Å². The van der Waals surface area contributed by atoms with E-state index in [0.29, 0.717) is 5.56 Å². The van der Waals surface area contributed by atoms with E-state index in [-0.39, 0.29) is 9.75 Å². The van der Waals surface area contributed by atoms with Crippen molar-refractivity contribution in [1.82, 2.24) is 9.97 Å². The van der Waals surface area contributed by atoms with Crippen molar-refractivity contribution >= 4 is 65.3 Å². The number of benzene rings is 2. The second-order valence-corrected chi connectivity index (χ2v) is 7.49. The Labute approximate surface area is 145 Å². The summed E-state index contributed by atoms with van der Waals surface area (Å²) in [6, 6.07) is 10.8. The number of hydrogen-bond acceptors (Lipinski definition) is 5. The summed E-state index contributed by atoms with van der Waals surface area (Å²) in [5, 5.41) is 0. The molecule has 0 atom stereocenters. The second-order valence-electron chi connectivity index (χ2n) is 4.54. The zero-order valence-electron chi connectivity index (χ0n) is 11.5. The van der Waals surface area contributed by atoms with E-state index < -0.39 is 0 Å². The standard InChI is InChI=1S/C8H5NO2S.C7H4BrNOS/c10-4-5-1-2-6-7(3-5)12-8(11)9-6;8-4-1-2-5-6(3-4)11-7(10)9-5/h1-4H,(H,9,11);1-3H,(H,9,10). The molecule has 4 rings (SSSR count). The van der Waals surface area contributed by atoms with Crippen molar-refractivity contribution in [2.75, 3.05) is 0 Å². The Kier molecular flexibility index (Phi) is 4.56. The molecule has 0 aliphatic carbocycles. The van der Waals surface area contributed by atoms with E-state index in [0.717, 1.165) is 42.5 Å². The molecule has 0 saturated carbocycles. The fourth-order valence-electron chi connectivity index (χ4n) is 1.95. The first-order chi connectivity index (χ1) is 11.0. The molecule has 4 aromatic rings. The monoisotopic (exact) mass is 408 g/mol. The molecule has 5 nitrogen and oxygen atoms in total. The topological polar surface area (TPSA) is 82.8 Å². The van der Waals surface area contributed by atoms with Crippen LogP contribution in [0.4, 0.5) is 0 Å². The van der Waals surface area contributed by atoms with Gasteiger partial charge in [-0.25, -0.2) is 0 Å². The number of hydrogen-bond donors (Lipinski definition) is 2. The Balaban J connectivity index is 0.000000136. The second kappa shape index (κ2) is 6.61. The van der Waals surface area contributed by atoms with Crippen LogP contribution in [0.15, 0.2) is 50.5 Å². The highest BCUT2D eigenvalue weighted by molar-refractivity contribution is 9.10. The van der Waals surface area contributed by atoms with Crippen molar-refractivity contribution in [3.8, 4) is 0 Å². The first-order valence-electron chi connectivity index (χ1n) is 6.41. The van der Waals surface area contributed by atoms with Gasteiger partial charge in [0.15, 0.2) is 0 Å². The maximum absolute atomic E-state index is 10.9. The number of fused-ring (bicyclic) bond motifs is 2. The summed E-state index contributed by atoms with van der Waals surface area (Å²) in [5.41, 5.74) is 2.29. The number of halogens is 1. The van der Waals surface area contributed by atoms with Crippen LogP contribution in [-0.4, -0.2) is 16.3 Å². The van der Waals surface area contributed by atoms with Gasteiger partial charge in [-0.15, -0.1) is 0 Å². The van der Waals surface area contributed by atoms with Crippen molar-refractivity contribution in [3.05, 3.63) is 65.8 Å². The summed E-state index contributed by atoms with van der Waals surface area (Å²) >= 11 is 5.67. The Bertz CT molecular complexity index is 1110.